The van der Waals surface area contributed by atoms with Crippen molar-refractivity contribution in [1.82, 2.24) is 14.5 Å². The molecule has 1 saturated heterocycles. The second-order valence-corrected chi connectivity index (χ2v) is 8.22. The second-order valence-electron chi connectivity index (χ2n) is 8.22. The fraction of sp³-hybridized carbons (Fsp3) is 0.440. The molecule has 158 valence electrons. The average molecular weight is 406 g/mol. The third-order valence-corrected chi connectivity index (χ3v) is 5.83. The van der Waals surface area contributed by atoms with Gasteiger partial charge in [0.05, 0.1) is 17.6 Å². The summed E-state index contributed by atoms with van der Waals surface area (Å²) in [7, 11) is 0. The van der Waals surface area contributed by atoms with E-state index in [2.05, 4.69) is 48.7 Å². The van der Waals surface area contributed by atoms with Crippen molar-refractivity contribution >= 4 is 16.9 Å². The van der Waals surface area contributed by atoms with Gasteiger partial charge in [0.2, 0.25) is 5.91 Å². The van der Waals surface area contributed by atoms with E-state index in [1.807, 2.05) is 23.1 Å². The third-order valence-electron chi connectivity index (χ3n) is 5.83. The fourth-order valence-corrected chi connectivity index (χ4v) is 4.27. The molecule has 0 saturated carbocycles. The number of para-hydroxylation sites is 2. The SMILES string of the molecule is CCCCN1C[C@H](c2nc3ccccc3n2CCCOc2cccc(C)c2)CC1=O. The molecule has 1 aliphatic heterocycles. The molecule has 5 heteroatoms. The zero-order valence-electron chi connectivity index (χ0n) is 18.0. The number of unbranched alkanes of at least 4 members (excludes halogenated alkanes) is 1. The van der Waals surface area contributed by atoms with Crippen molar-refractivity contribution < 1.29 is 9.53 Å². The minimum absolute atomic E-state index is 0.166. The lowest BCUT2D eigenvalue weighted by Crippen LogP contribution is -2.26. The summed E-state index contributed by atoms with van der Waals surface area (Å²) in [5.74, 6) is 2.38. The first-order valence-electron chi connectivity index (χ1n) is 11.1. The predicted octanol–water partition coefficient (Wildman–Crippen LogP) is 4.93. The topological polar surface area (TPSA) is 47.4 Å². The maximum absolute atomic E-state index is 12.5. The fourth-order valence-electron chi connectivity index (χ4n) is 4.27. The predicted molar refractivity (Wildman–Crippen MR) is 120 cm³/mol. The van der Waals surface area contributed by atoms with Gasteiger partial charge in [-0.05, 0) is 49.6 Å². The summed E-state index contributed by atoms with van der Waals surface area (Å²) in [6.45, 7) is 7.36. The van der Waals surface area contributed by atoms with Crippen LogP contribution in [0.5, 0.6) is 5.75 Å². The number of rotatable bonds is 9. The number of aryl methyl sites for hydroxylation is 2. The average Bonchev–Trinajstić information content (AvgIpc) is 3.30. The summed E-state index contributed by atoms with van der Waals surface area (Å²) >= 11 is 0. The molecule has 1 amide bonds. The summed E-state index contributed by atoms with van der Waals surface area (Å²) in [4.78, 5) is 19.5. The van der Waals surface area contributed by atoms with E-state index < -0.39 is 0 Å². The molecule has 3 aromatic rings. The van der Waals surface area contributed by atoms with E-state index in [0.717, 1.165) is 61.5 Å². The molecule has 30 heavy (non-hydrogen) atoms. The maximum Gasteiger partial charge on any atom is 0.223 e. The summed E-state index contributed by atoms with van der Waals surface area (Å²) in [6, 6.07) is 16.4. The van der Waals surface area contributed by atoms with E-state index in [4.69, 9.17) is 9.72 Å². The van der Waals surface area contributed by atoms with E-state index in [-0.39, 0.29) is 11.8 Å². The van der Waals surface area contributed by atoms with Crippen molar-refractivity contribution in [1.29, 1.82) is 0 Å². The van der Waals surface area contributed by atoms with Crippen LogP contribution >= 0.6 is 0 Å². The van der Waals surface area contributed by atoms with Gasteiger partial charge in [-0.15, -0.1) is 0 Å². The Morgan fingerprint density at radius 3 is 2.80 bits per heavy atom. The highest BCUT2D eigenvalue weighted by atomic mass is 16.5. The quantitative estimate of drug-likeness (QED) is 0.474. The number of hydrogen-bond donors (Lipinski definition) is 0. The van der Waals surface area contributed by atoms with Gasteiger partial charge in [0.15, 0.2) is 0 Å². The zero-order valence-corrected chi connectivity index (χ0v) is 18.0. The lowest BCUT2D eigenvalue weighted by atomic mass is 10.1. The number of carbonyl (C=O) groups excluding carboxylic acids is 1. The van der Waals surface area contributed by atoms with Crippen LogP contribution in [-0.2, 0) is 11.3 Å². The van der Waals surface area contributed by atoms with Gasteiger partial charge in [-0.1, -0.05) is 37.6 Å². The van der Waals surface area contributed by atoms with Gasteiger partial charge in [0, 0.05) is 32.0 Å². The Bertz CT molecular complexity index is 1010. The first-order valence-corrected chi connectivity index (χ1v) is 11.1. The maximum atomic E-state index is 12.5. The van der Waals surface area contributed by atoms with Crippen LogP contribution in [0.3, 0.4) is 0 Å². The number of imidazole rings is 1. The highest BCUT2D eigenvalue weighted by Crippen LogP contribution is 2.30. The molecule has 1 fully saturated rings. The van der Waals surface area contributed by atoms with Gasteiger partial charge in [-0.25, -0.2) is 4.98 Å². The number of benzene rings is 2. The van der Waals surface area contributed by atoms with E-state index in [1.165, 1.54) is 5.56 Å². The van der Waals surface area contributed by atoms with Crippen molar-refractivity contribution in [2.45, 2.75) is 52.0 Å². The van der Waals surface area contributed by atoms with Crippen LogP contribution in [0.25, 0.3) is 11.0 Å². The molecule has 5 nitrogen and oxygen atoms in total. The molecule has 1 aliphatic rings. The summed E-state index contributed by atoms with van der Waals surface area (Å²) in [5.41, 5.74) is 3.35. The second kappa shape index (κ2) is 9.33. The standard InChI is InChI=1S/C25H31N3O2/c1-3-4-13-27-18-20(17-24(27)29)25-26-22-11-5-6-12-23(22)28(25)14-8-15-30-21-10-7-9-19(2)16-21/h5-7,9-12,16,20H,3-4,8,13-15,17-18H2,1-2H3/t20-/m1/s1. The molecule has 0 bridgehead atoms. The zero-order chi connectivity index (χ0) is 20.9. The minimum atomic E-state index is 0.166. The Labute approximate surface area is 178 Å². The van der Waals surface area contributed by atoms with Gasteiger partial charge in [0.1, 0.15) is 11.6 Å². The Morgan fingerprint density at radius 1 is 1.10 bits per heavy atom. The van der Waals surface area contributed by atoms with Crippen LogP contribution in [0.1, 0.15) is 49.9 Å². The summed E-state index contributed by atoms with van der Waals surface area (Å²) < 4.78 is 8.25. The van der Waals surface area contributed by atoms with Crippen molar-refractivity contribution in [2.75, 3.05) is 19.7 Å². The number of carbonyl (C=O) groups is 1. The third kappa shape index (κ3) is 4.50. The molecule has 2 aromatic carbocycles. The lowest BCUT2D eigenvalue weighted by Gasteiger charge is -2.17. The van der Waals surface area contributed by atoms with E-state index in [9.17, 15) is 4.79 Å². The van der Waals surface area contributed by atoms with Crippen molar-refractivity contribution in [3.63, 3.8) is 0 Å². The number of ether oxygens (including phenoxy) is 1. The molecular weight excluding hydrogens is 374 g/mol. The molecule has 1 aromatic heterocycles. The van der Waals surface area contributed by atoms with Gasteiger partial charge in [-0.3, -0.25) is 4.79 Å². The van der Waals surface area contributed by atoms with Crippen LogP contribution in [0.15, 0.2) is 48.5 Å². The number of hydrogen-bond acceptors (Lipinski definition) is 3. The molecule has 0 N–H and O–H groups in total. The molecule has 0 aliphatic carbocycles. The van der Waals surface area contributed by atoms with Gasteiger partial charge in [0.25, 0.3) is 0 Å². The van der Waals surface area contributed by atoms with Crippen molar-refractivity contribution in [3.8, 4) is 5.75 Å². The molecule has 0 spiro atoms. The highest BCUT2D eigenvalue weighted by molar-refractivity contribution is 5.80. The van der Waals surface area contributed by atoms with Crippen LogP contribution in [0.2, 0.25) is 0 Å². The Kier molecular flexibility index (Phi) is 6.36. The van der Waals surface area contributed by atoms with Crippen LogP contribution in [-0.4, -0.2) is 40.1 Å². The smallest absolute Gasteiger partial charge is 0.223 e. The van der Waals surface area contributed by atoms with Crippen LogP contribution in [0.4, 0.5) is 0 Å². The number of likely N-dealkylation sites (tertiary alicyclic amines) is 1. The van der Waals surface area contributed by atoms with Crippen LogP contribution < -0.4 is 4.74 Å². The van der Waals surface area contributed by atoms with Crippen molar-refractivity contribution in [3.05, 3.63) is 59.9 Å². The van der Waals surface area contributed by atoms with E-state index in [1.54, 1.807) is 0 Å². The Morgan fingerprint density at radius 2 is 1.97 bits per heavy atom. The Hall–Kier alpha value is -2.82. The monoisotopic (exact) mass is 405 g/mol. The molecule has 4 rings (SSSR count). The first kappa shape index (κ1) is 20.5. The van der Waals surface area contributed by atoms with Gasteiger partial charge < -0.3 is 14.2 Å². The van der Waals surface area contributed by atoms with Gasteiger partial charge >= 0.3 is 0 Å². The van der Waals surface area contributed by atoms with E-state index in [0.29, 0.717) is 13.0 Å². The van der Waals surface area contributed by atoms with Crippen LogP contribution in [0, 0.1) is 6.92 Å². The molecule has 1 atom stereocenters. The van der Waals surface area contributed by atoms with Gasteiger partial charge in [-0.2, -0.15) is 0 Å². The number of amides is 1. The number of nitrogens with zero attached hydrogens (tertiary/aromatic N) is 3. The molecule has 0 unspecified atom stereocenters. The molecule has 2 heterocycles. The number of aromatic nitrogens is 2. The first-order chi connectivity index (χ1) is 14.7. The van der Waals surface area contributed by atoms with Crippen molar-refractivity contribution in [2.24, 2.45) is 0 Å². The summed E-state index contributed by atoms with van der Waals surface area (Å²) in [6.07, 6.45) is 3.62. The van der Waals surface area contributed by atoms with E-state index >= 15 is 0 Å². The normalized spacial score (nSPS) is 16.5. The molecule has 0 radical (unpaired) electrons. The number of fused-ring (bicyclic) bond motifs is 1. The lowest BCUT2D eigenvalue weighted by molar-refractivity contribution is -0.127. The molecular formula is C25H31N3O2. The highest BCUT2D eigenvalue weighted by Gasteiger charge is 2.33. The largest absolute Gasteiger partial charge is 0.494 e. The minimum Gasteiger partial charge on any atom is -0.494 e. The summed E-state index contributed by atoms with van der Waals surface area (Å²) in [5, 5.41) is 0. The Balaban J connectivity index is 1.47.